The minimum Gasteiger partial charge on any atom is -0.372 e. The number of aliphatic imine (C=N–C) groups is 1. The number of hydrogen-bond acceptors (Lipinski definition) is 4. The first-order valence-electron chi connectivity index (χ1n) is 7.23. The Morgan fingerprint density at radius 3 is 3.00 bits per heavy atom. The van der Waals surface area contributed by atoms with Gasteiger partial charge >= 0.3 is 0 Å². The number of halogens is 2. The molecular formula is C16H18FIN4. The average Bonchev–Trinajstić information content (AvgIpc) is 2.52. The van der Waals surface area contributed by atoms with E-state index in [0.717, 1.165) is 21.4 Å². The van der Waals surface area contributed by atoms with Gasteiger partial charge in [0.2, 0.25) is 0 Å². The summed E-state index contributed by atoms with van der Waals surface area (Å²) in [7, 11) is 2.00. The predicted molar refractivity (Wildman–Crippen MR) is 96.2 cm³/mol. The van der Waals surface area contributed by atoms with Gasteiger partial charge in [-0.25, -0.2) is 9.38 Å². The van der Waals surface area contributed by atoms with Gasteiger partial charge in [0, 0.05) is 28.8 Å². The molecule has 2 aliphatic rings. The molecule has 2 N–H and O–H groups in total. The Balaban J connectivity index is 1.86. The van der Waals surface area contributed by atoms with Gasteiger partial charge < -0.3 is 15.5 Å². The van der Waals surface area contributed by atoms with Crippen molar-refractivity contribution in [2.24, 2.45) is 4.99 Å². The van der Waals surface area contributed by atoms with E-state index >= 15 is 0 Å². The van der Waals surface area contributed by atoms with Crippen LogP contribution in [0.3, 0.4) is 0 Å². The van der Waals surface area contributed by atoms with Crippen molar-refractivity contribution in [3.63, 3.8) is 0 Å². The first-order valence-corrected chi connectivity index (χ1v) is 8.31. The minimum atomic E-state index is -0.238. The average molecular weight is 412 g/mol. The lowest BCUT2D eigenvalue weighted by molar-refractivity contribution is 0.353. The minimum absolute atomic E-state index is 0.0365. The molecule has 0 aliphatic carbocycles. The lowest BCUT2D eigenvalue weighted by Crippen LogP contribution is -2.44. The highest BCUT2D eigenvalue weighted by Gasteiger charge is 2.29. The summed E-state index contributed by atoms with van der Waals surface area (Å²) in [6.07, 6.45) is 6.83. The van der Waals surface area contributed by atoms with Crippen LogP contribution >= 0.6 is 22.6 Å². The number of amidine groups is 1. The Labute approximate surface area is 143 Å². The molecule has 116 valence electrons. The first-order chi connectivity index (χ1) is 10.6. The highest BCUT2D eigenvalue weighted by molar-refractivity contribution is 14.1. The van der Waals surface area contributed by atoms with E-state index in [-0.39, 0.29) is 18.0 Å². The number of hydrogen-bond donors (Lipinski definition) is 2. The van der Waals surface area contributed by atoms with Crippen molar-refractivity contribution in [3.05, 3.63) is 51.6 Å². The van der Waals surface area contributed by atoms with Crippen LogP contribution in [0.4, 0.5) is 10.1 Å². The van der Waals surface area contributed by atoms with Crippen LogP contribution in [0, 0.1) is 9.39 Å². The molecule has 0 fully saturated rings. The fourth-order valence-corrected chi connectivity index (χ4v) is 3.04. The molecule has 6 heteroatoms. The second-order valence-electron chi connectivity index (χ2n) is 5.34. The quantitative estimate of drug-likeness (QED) is 0.749. The molecular weight excluding hydrogens is 394 g/mol. The van der Waals surface area contributed by atoms with Gasteiger partial charge in [-0.2, -0.15) is 0 Å². The summed E-state index contributed by atoms with van der Waals surface area (Å²) in [4.78, 5) is 6.77. The highest BCUT2D eigenvalue weighted by atomic mass is 127. The van der Waals surface area contributed by atoms with E-state index in [1.807, 2.05) is 31.6 Å². The van der Waals surface area contributed by atoms with E-state index in [1.165, 1.54) is 6.07 Å². The standard InChI is InChI=1S/C16H18FIN4/c1-3-15-19-9-11-13(6-7-22(2)16(11)21-15)20-14-5-4-10(18)8-12(14)17/h4-9,13,16,20H,3H2,1-2H3,(H,19,21). The van der Waals surface area contributed by atoms with Gasteiger partial charge in [0.1, 0.15) is 17.8 Å². The molecule has 2 atom stereocenters. The molecule has 0 saturated heterocycles. The van der Waals surface area contributed by atoms with Crippen LogP contribution in [0.5, 0.6) is 0 Å². The van der Waals surface area contributed by atoms with E-state index in [4.69, 9.17) is 4.99 Å². The van der Waals surface area contributed by atoms with Crippen LogP contribution < -0.4 is 10.6 Å². The molecule has 2 heterocycles. The van der Waals surface area contributed by atoms with E-state index in [9.17, 15) is 4.39 Å². The Morgan fingerprint density at radius 2 is 2.27 bits per heavy atom. The van der Waals surface area contributed by atoms with Crippen LogP contribution in [-0.4, -0.2) is 30.0 Å². The summed E-state index contributed by atoms with van der Waals surface area (Å²) >= 11 is 2.10. The Hall–Kier alpha value is -1.57. The van der Waals surface area contributed by atoms with E-state index in [2.05, 4.69) is 45.0 Å². The fourth-order valence-electron chi connectivity index (χ4n) is 2.59. The van der Waals surface area contributed by atoms with Crippen LogP contribution in [-0.2, 0) is 0 Å². The second-order valence-corrected chi connectivity index (χ2v) is 6.59. The van der Waals surface area contributed by atoms with Crippen LogP contribution in [0.25, 0.3) is 0 Å². The zero-order chi connectivity index (χ0) is 15.7. The molecule has 0 saturated carbocycles. The molecule has 22 heavy (non-hydrogen) atoms. The third-order valence-corrected chi connectivity index (χ3v) is 4.49. The summed E-state index contributed by atoms with van der Waals surface area (Å²) < 4.78 is 14.9. The van der Waals surface area contributed by atoms with Crippen LogP contribution in [0.2, 0.25) is 0 Å². The lowest BCUT2D eigenvalue weighted by Gasteiger charge is -2.37. The second kappa shape index (κ2) is 6.28. The van der Waals surface area contributed by atoms with E-state index in [1.54, 1.807) is 6.07 Å². The maximum Gasteiger partial charge on any atom is 0.148 e. The Morgan fingerprint density at radius 1 is 1.45 bits per heavy atom. The maximum absolute atomic E-state index is 14.1. The molecule has 0 aromatic heterocycles. The van der Waals surface area contributed by atoms with Gasteiger partial charge in [0.15, 0.2) is 0 Å². The van der Waals surface area contributed by atoms with Crippen LogP contribution in [0.1, 0.15) is 13.3 Å². The predicted octanol–water partition coefficient (Wildman–Crippen LogP) is 3.29. The summed E-state index contributed by atoms with van der Waals surface area (Å²) in [6, 6.07) is 5.11. The summed E-state index contributed by atoms with van der Waals surface area (Å²) in [5, 5.41) is 6.48. The monoisotopic (exact) mass is 412 g/mol. The molecule has 1 aromatic rings. The zero-order valence-corrected chi connectivity index (χ0v) is 14.6. The number of rotatable bonds is 3. The van der Waals surface area contributed by atoms with Crippen LogP contribution in [0.15, 0.2) is 47.2 Å². The van der Waals surface area contributed by atoms with Crippen molar-refractivity contribution in [2.45, 2.75) is 25.6 Å². The molecule has 0 bridgehead atoms. The van der Waals surface area contributed by atoms with E-state index < -0.39 is 0 Å². The molecule has 4 nitrogen and oxygen atoms in total. The van der Waals surface area contributed by atoms with Gasteiger partial charge in [0.05, 0.1) is 11.7 Å². The zero-order valence-electron chi connectivity index (χ0n) is 12.5. The van der Waals surface area contributed by atoms with Gasteiger partial charge in [0.25, 0.3) is 0 Å². The Bertz CT molecular complexity index is 668. The first kappa shape index (κ1) is 15.3. The number of nitrogens with zero attached hydrogens (tertiary/aromatic N) is 2. The van der Waals surface area contributed by atoms with Crippen molar-refractivity contribution in [2.75, 3.05) is 12.4 Å². The van der Waals surface area contributed by atoms with E-state index in [0.29, 0.717) is 5.69 Å². The highest BCUT2D eigenvalue weighted by Crippen LogP contribution is 2.27. The topological polar surface area (TPSA) is 39.7 Å². The third kappa shape index (κ3) is 2.97. The van der Waals surface area contributed by atoms with Crippen molar-refractivity contribution < 1.29 is 4.39 Å². The van der Waals surface area contributed by atoms with Crippen molar-refractivity contribution >= 4 is 34.1 Å². The summed E-state index contributed by atoms with van der Waals surface area (Å²) in [5.74, 6) is 0.730. The van der Waals surface area contributed by atoms with Gasteiger partial charge in [-0.15, -0.1) is 0 Å². The largest absolute Gasteiger partial charge is 0.372 e. The number of nitrogens with one attached hydrogen (secondary N) is 2. The van der Waals surface area contributed by atoms with Gasteiger partial charge in [-0.3, -0.25) is 0 Å². The van der Waals surface area contributed by atoms with Gasteiger partial charge in [-0.1, -0.05) is 6.92 Å². The third-order valence-electron chi connectivity index (χ3n) is 3.82. The molecule has 1 aromatic carbocycles. The number of anilines is 1. The molecule has 2 aliphatic heterocycles. The number of likely N-dealkylation sites (N-methyl/N-ethyl adjacent to an activating group) is 1. The lowest BCUT2D eigenvalue weighted by atomic mass is 9.99. The maximum atomic E-state index is 14.1. The van der Waals surface area contributed by atoms with Crippen molar-refractivity contribution in [1.82, 2.24) is 10.2 Å². The SMILES string of the molecule is CCC1=NC2C(=CN1)C(Nc1ccc(I)cc1F)C=CN2C. The van der Waals surface area contributed by atoms with Crippen molar-refractivity contribution in [1.29, 1.82) is 0 Å². The Kier molecular flexibility index (Phi) is 4.37. The van der Waals surface area contributed by atoms with Gasteiger partial charge in [-0.05, 0) is 53.1 Å². The molecule has 3 rings (SSSR count). The summed E-state index contributed by atoms with van der Waals surface area (Å²) in [6.45, 7) is 2.07. The molecule has 0 spiro atoms. The number of fused-ring (bicyclic) bond motifs is 1. The normalized spacial score (nSPS) is 23.4. The fraction of sp³-hybridized carbons (Fsp3) is 0.312. The number of benzene rings is 1. The molecule has 0 amide bonds. The molecule has 0 radical (unpaired) electrons. The smallest absolute Gasteiger partial charge is 0.148 e. The summed E-state index contributed by atoms with van der Waals surface area (Å²) in [5.41, 5.74) is 1.59. The molecule has 2 unspecified atom stereocenters. The van der Waals surface area contributed by atoms with Crippen molar-refractivity contribution in [3.8, 4) is 0 Å².